The number of nitrogens with zero attached hydrogens (tertiary/aromatic N) is 2. The average Bonchev–Trinajstić information content (AvgIpc) is 3.51. The molecule has 2 aromatic carbocycles. The molecule has 0 radical (unpaired) electrons. The number of aromatic amines is 1. The van der Waals surface area contributed by atoms with Gasteiger partial charge in [-0.3, -0.25) is 4.79 Å². The highest BCUT2D eigenvalue weighted by Gasteiger charge is 2.41. The lowest BCUT2D eigenvalue weighted by Crippen LogP contribution is -2.38. The van der Waals surface area contributed by atoms with Crippen molar-refractivity contribution in [3.05, 3.63) is 93.8 Å². The molecule has 2 aliphatic rings. The van der Waals surface area contributed by atoms with Crippen molar-refractivity contribution in [3.63, 3.8) is 0 Å². The van der Waals surface area contributed by atoms with Gasteiger partial charge in [0.1, 0.15) is 0 Å². The summed E-state index contributed by atoms with van der Waals surface area (Å²) < 4.78 is 5.19. The monoisotopic (exact) mass is 514 g/mol. The van der Waals surface area contributed by atoms with Crippen LogP contribution >= 0.6 is 11.8 Å². The first-order valence-corrected chi connectivity index (χ1v) is 13.3. The van der Waals surface area contributed by atoms with Crippen LogP contribution in [0.5, 0.6) is 0 Å². The predicted molar refractivity (Wildman–Crippen MR) is 148 cm³/mol. The number of nitrogens with one attached hydrogen (secondary N) is 2. The van der Waals surface area contributed by atoms with Gasteiger partial charge in [0.25, 0.3) is 0 Å². The maximum Gasteiger partial charge on any atom is 0.338 e. The van der Waals surface area contributed by atoms with Crippen molar-refractivity contribution in [2.24, 2.45) is 4.99 Å². The third-order valence-corrected chi connectivity index (χ3v) is 7.61. The first-order chi connectivity index (χ1) is 18.0. The van der Waals surface area contributed by atoms with Gasteiger partial charge in [-0.1, -0.05) is 66.7 Å². The Kier molecular flexibility index (Phi) is 7.19. The standard InChI is InChI=1S/C29H30N4O3S/c1-4-23-26(28(35)36-3)27(19-9-7-8-18(2)14-19)33-21(17-37-29(33)32-23)15-25(34)30-13-12-20-16-31-24-11-6-5-10-22(20)24/h5-11,14,16-17,27,31H,4,12-13,15H2,1-3H3,(H,30,34). The Balaban J connectivity index is 1.35. The van der Waals surface area contributed by atoms with Gasteiger partial charge < -0.3 is 19.9 Å². The van der Waals surface area contributed by atoms with E-state index in [9.17, 15) is 9.59 Å². The average molecular weight is 515 g/mol. The molecule has 7 nitrogen and oxygen atoms in total. The van der Waals surface area contributed by atoms with Gasteiger partial charge in [-0.2, -0.15) is 0 Å². The summed E-state index contributed by atoms with van der Waals surface area (Å²) in [4.78, 5) is 36.1. The number of aliphatic imine (C=N–C) groups is 1. The number of para-hydroxylation sites is 1. The van der Waals surface area contributed by atoms with Crippen molar-refractivity contribution in [3.8, 4) is 0 Å². The highest BCUT2D eigenvalue weighted by atomic mass is 32.2. The number of amidine groups is 1. The number of methoxy groups -OCH3 is 1. The van der Waals surface area contributed by atoms with E-state index < -0.39 is 12.0 Å². The lowest BCUT2D eigenvalue weighted by molar-refractivity contribution is -0.136. The van der Waals surface area contributed by atoms with Gasteiger partial charge in [0.2, 0.25) is 5.91 Å². The van der Waals surface area contributed by atoms with E-state index in [0.717, 1.165) is 39.6 Å². The normalized spacial score (nSPS) is 16.9. The second kappa shape index (κ2) is 10.7. The van der Waals surface area contributed by atoms with Crippen LogP contribution in [0.1, 0.15) is 42.5 Å². The molecule has 190 valence electrons. The summed E-state index contributed by atoms with van der Waals surface area (Å²) >= 11 is 1.49. The summed E-state index contributed by atoms with van der Waals surface area (Å²) in [5.74, 6) is -0.466. The van der Waals surface area contributed by atoms with Gasteiger partial charge in [0, 0.05) is 29.3 Å². The number of fused-ring (bicyclic) bond motifs is 2. The fourth-order valence-electron chi connectivity index (χ4n) is 4.97. The minimum absolute atomic E-state index is 0.0687. The van der Waals surface area contributed by atoms with E-state index in [-0.39, 0.29) is 12.3 Å². The van der Waals surface area contributed by atoms with Gasteiger partial charge in [-0.05, 0) is 42.4 Å². The lowest BCUT2D eigenvalue weighted by Gasteiger charge is -2.36. The summed E-state index contributed by atoms with van der Waals surface area (Å²) in [5.41, 5.74) is 6.38. The number of carbonyl (C=O) groups is 2. The zero-order chi connectivity index (χ0) is 25.9. The number of rotatable bonds is 8. The molecule has 0 saturated carbocycles. The molecule has 0 bridgehead atoms. The molecule has 2 aliphatic heterocycles. The van der Waals surface area contributed by atoms with Gasteiger partial charge in [-0.15, -0.1) is 0 Å². The van der Waals surface area contributed by atoms with E-state index in [1.165, 1.54) is 29.8 Å². The number of benzene rings is 2. The Bertz CT molecular complexity index is 1450. The number of thioether (sulfide) groups is 1. The van der Waals surface area contributed by atoms with Crippen LogP contribution in [-0.4, -0.2) is 40.6 Å². The number of ether oxygens (including phenoxy) is 1. The van der Waals surface area contributed by atoms with Crippen molar-refractivity contribution < 1.29 is 14.3 Å². The number of carbonyl (C=O) groups excluding carboxylic acids is 2. The zero-order valence-electron chi connectivity index (χ0n) is 21.2. The van der Waals surface area contributed by atoms with E-state index in [2.05, 4.69) is 22.4 Å². The van der Waals surface area contributed by atoms with Crippen molar-refractivity contribution in [1.82, 2.24) is 15.2 Å². The third-order valence-electron chi connectivity index (χ3n) is 6.72. The molecule has 1 aromatic heterocycles. The predicted octanol–water partition coefficient (Wildman–Crippen LogP) is 5.36. The second-order valence-corrected chi connectivity index (χ2v) is 9.99. The Morgan fingerprint density at radius 3 is 2.81 bits per heavy atom. The quantitative estimate of drug-likeness (QED) is 0.395. The number of esters is 1. The molecule has 2 N–H and O–H groups in total. The summed E-state index contributed by atoms with van der Waals surface area (Å²) in [5, 5.41) is 6.98. The Labute approximate surface area is 220 Å². The second-order valence-electron chi connectivity index (χ2n) is 9.15. The fraction of sp³-hybridized carbons (Fsp3) is 0.276. The van der Waals surface area contributed by atoms with Crippen LogP contribution in [0.2, 0.25) is 0 Å². The molecular formula is C29H30N4O3S. The van der Waals surface area contributed by atoms with Gasteiger partial charge in [0.05, 0.1) is 30.8 Å². The Morgan fingerprint density at radius 2 is 2.03 bits per heavy atom. The van der Waals surface area contributed by atoms with E-state index in [1.807, 2.05) is 66.8 Å². The molecular weight excluding hydrogens is 484 g/mol. The minimum Gasteiger partial charge on any atom is -0.466 e. The first-order valence-electron chi connectivity index (χ1n) is 12.4. The van der Waals surface area contributed by atoms with Crippen molar-refractivity contribution in [2.45, 2.75) is 39.2 Å². The van der Waals surface area contributed by atoms with Crippen LogP contribution in [0.25, 0.3) is 10.9 Å². The van der Waals surface area contributed by atoms with Crippen LogP contribution < -0.4 is 5.32 Å². The maximum absolute atomic E-state index is 13.0. The van der Waals surface area contributed by atoms with Crippen LogP contribution in [-0.2, 0) is 20.7 Å². The number of H-pyrrole nitrogens is 1. The molecule has 37 heavy (non-hydrogen) atoms. The molecule has 1 unspecified atom stereocenters. The maximum atomic E-state index is 13.0. The van der Waals surface area contributed by atoms with Crippen LogP contribution in [0.4, 0.5) is 0 Å². The SMILES string of the molecule is CCC1=C(C(=O)OC)C(c2cccc(C)c2)N2C(CC(=O)NCCc3c[nH]c4ccccc34)=CSC2=N1. The van der Waals surface area contributed by atoms with Crippen molar-refractivity contribution in [2.75, 3.05) is 13.7 Å². The number of aryl methyl sites for hydroxylation is 1. The molecule has 8 heteroatoms. The number of amides is 1. The highest BCUT2D eigenvalue weighted by molar-refractivity contribution is 8.16. The minimum atomic E-state index is -0.407. The highest BCUT2D eigenvalue weighted by Crippen LogP contribution is 2.45. The summed E-state index contributed by atoms with van der Waals surface area (Å²) in [6.07, 6.45) is 3.54. The summed E-state index contributed by atoms with van der Waals surface area (Å²) in [6.45, 7) is 4.55. The molecule has 3 aromatic rings. The Hall–Kier alpha value is -3.78. The molecule has 0 aliphatic carbocycles. The van der Waals surface area contributed by atoms with Crippen LogP contribution in [0.15, 0.2) is 82.1 Å². The molecule has 1 atom stereocenters. The third kappa shape index (κ3) is 4.93. The van der Waals surface area contributed by atoms with E-state index >= 15 is 0 Å². The van der Waals surface area contributed by atoms with E-state index in [4.69, 9.17) is 9.73 Å². The van der Waals surface area contributed by atoms with Gasteiger partial charge in [-0.25, -0.2) is 9.79 Å². The lowest BCUT2D eigenvalue weighted by atomic mass is 9.92. The number of hydrogen-bond acceptors (Lipinski definition) is 6. The molecule has 3 heterocycles. The van der Waals surface area contributed by atoms with Crippen LogP contribution in [0.3, 0.4) is 0 Å². The molecule has 5 rings (SSSR count). The van der Waals surface area contributed by atoms with Crippen molar-refractivity contribution in [1.29, 1.82) is 0 Å². The molecule has 0 saturated heterocycles. The van der Waals surface area contributed by atoms with Crippen LogP contribution in [0, 0.1) is 6.92 Å². The fourth-order valence-corrected chi connectivity index (χ4v) is 5.91. The number of hydrogen-bond donors (Lipinski definition) is 2. The number of allylic oxidation sites excluding steroid dienone is 1. The summed E-state index contributed by atoms with van der Waals surface area (Å²) in [6, 6.07) is 15.9. The first kappa shape index (κ1) is 24.9. The molecule has 0 fully saturated rings. The number of aromatic nitrogens is 1. The van der Waals surface area contributed by atoms with Gasteiger partial charge in [0.15, 0.2) is 5.17 Å². The molecule has 1 amide bonds. The smallest absolute Gasteiger partial charge is 0.338 e. The zero-order valence-corrected chi connectivity index (χ0v) is 22.0. The van der Waals surface area contributed by atoms with E-state index in [0.29, 0.717) is 18.5 Å². The van der Waals surface area contributed by atoms with Gasteiger partial charge >= 0.3 is 5.97 Å². The Morgan fingerprint density at radius 1 is 1.19 bits per heavy atom. The topological polar surface area (TPSA) is 86.8 Å². The van der Waals surface area contributed by atoms with Crippen molar-refractivity contribution >= 4 is 39.7 Å². The van der Waals surface area contributed by atoms with E-state index in [1.54, 1.807) is 0 Å². The summed E-state index contributed by atoms with van der Waals surface area (Å²) in [7, 11) is 1.39. The largest absolute Gasteiger partial charge is 0.466 e. The molecule has 0 spiro atoms.